The third kappa shape index (κ3) is 4.57. The van der Waals surface area contributed by atoms with Crippen molar-refractivity contribution in [1.29, 1.82) is 0 Å². The Balaban J connectivity index is 1.97. The van der Waals surface area contributed by atoms with Crippen LogP contribution >= 0.6 is 11.8 Å². The zero-order valence-electron chi connectivity index (χ0n) is 15.5. The summed E-state index contributed by atoms with van der Waals surface area (Å²) in [5.41, 5.74) is 2.30. The van der Waals surface area contributed by atoms with Crippen molar-refractivity contribution in [3.63, 3.8) is 0 Å². The quantitative estimate of drug-likeness (QED) is 0.266. The van der Waals surface area contributed by atoms with E-state index in [4.69, 9.17) is 4.74 Å². The molecule has 0 radical (unpaired) electrons. The first-order chi connectivity index (χ1) is 13.1. The van der Waals surface area contributed by atoms with E-state index in [1.54, 1.807) is 16.7 Å². The van der Waals surface area contributed by atoms with Crippen molar-refractivity contribution in [3.8, 4) is 5.69 Å². The maximum Gasteiger partial charge on any atom is 0.316 e. The number of carbonyl (C=O) groups is 1. The molecular formula is C21H22N2O3S. The van der Waals surface area contributed by atoms with Crippen LogP contribution in [0.2, 0.25) is 0 Å². The van der Waals surface area contributed by atoms with Crippen LogP contribution in [0.4, 0.5) is 0 Å². The van der Waals surface area contributed by atoms with Gasteiger partial charge in [0.1, 0.15) is 0 Å². The lowest BCUT2D eigenvalue weighted by Gasteiger charge is -2.13. The standard InChI is InChI=1S/C21H22N2O3S/c1-3-4-13-26-19(24)14-27-21-22-18-8-6-5-7-17(18)20(25)23(21)16-11-9-15(2)10-12-16/h5-12H,3-4,13-14H2,1-2H3. The number of nitrogens with zero attached hydrogens (tertiary/aromatic N) is 2. The van der Waals surface area contributed by atoms with Gasteiger partial charge in [-0.05, 0) is 37.6 Å². The number of para-hydroxylation sites is 1. The number of rotatable bonds is 7. The van der Waals surface area contributed by atoms with Crippen LogP contribution in [0.5, 0.6) is 0 Å². The molecule has 6 heteroatoms. The highest BCUT2D eigenvalue weighted by molar-refractivity contribution is 7.99. The fraction of sp³-hybridized carbons (Fsp3) is 0.286. The van der Waals surface area contributed by atoms with Crippen LogP contribution in [0.1, 0.15) is 25.3 Å². The van der Waals surface area contributed by atoms with Crippen molar-refractivity contribution < 1.29 is 9.53 Å². The van der Waals surface area contributed by atoms with Crippen molar-refractivity contribution in [2.45, 2.75) is 31.8 Å². The summed E-state index contributed by atoms with van der Waals surface area (Å²) in [4.78, 5) is 29.7. The summed E-state index contributed by atoms with van der Waals surface area (Å²) in [7, 11) is 0. The van der Waals surface area contributed by atoms with Gasteiger partial charge in [-0.3, -0.25) is 14.2 Å². The van der Waals surface area contributed by atoms with E-state index < -0.39 is 0 Å². The molecule has 0 spiro atoms. The molecule has 0 atom stereocenters. The predicted octanol–water partition coefficient (Wildman–Crippen LogP) is 4.13. The number of aryl methyl sites for hydroxylation is 1. The Bertz CT molecular complexity index is 996. The summed E-state index contributed by atoms with van der Waals surface area (Å²) in [6, 6.07) is 14.9. The van der Waals surface area contributed by atoms with Gasteiger partial charge >= 0.3 is 5.97 Å². The van der Waals surface area contributed by atoms with Crippen molar-refractivity contribution in [2.24, 2.45) is 0 Å². The summed E-state index contributed by atoms with van der Waals surface area (Å²) >= 11 is 1.22. The maximum absolute atomic E-state index is 13.1. The highest BCUT2D eigenvalue weighted by Crippen LogP contribution is 2.21. The first-order valence-corrected chi connectivity index (χ1v) is 9.96. The number of hydrogen-bond acceptors (Lipinski definition) is 5. The fourth-order valence-electron chi connectivity index (χ4n) is 2.63. The molecule has 27 heavy (non-hydrogen) atoms. The molecule has 0 N–H and O–H groups in total. The normalized spacial score (nSPS) is 10.9. The Kier molecular flexibility index (Phi) is 6.29. The second kappa shape index (κ2) is 8.86. The summed E-state index contributed by atoms with van der Waals surface area (Å²) < 4.78 is 6.77. The van der Waals surface area contributed by atoms with Gasteiger partial charge in [-0.15, -0.1) is 0 Å². The third-order valence-electron chi connectivity index (χ3n) is 4.12. The lowest BCUT2D eigenvalue weighted by atomic mass is 10.2. The number of unbranched alkanes of at least 4 members (excludes halogenated alkanes) is 1. The zero-order valence-corrected chi connectivity index (χ0v) is 16.3. The van der Waals surface area contributed by atoms with E-state index >= 15 is 0 Å². The second-order valence-corrected chi connectivity index (χ2v) is 7.19. The summed E-state index contributed by atoms with van der Waals surface area (Å²) in [6.45, 7) is 4.46. The smallest absolute Gasteiger partial charge is 0.316 e. The minimum Gasteiger partial charge on any atom is -0.465 e. The number of ether oxygens (including phenoxy) is 1. The zero-order chi connectivity index (χ0) is 19.2. The van der Waals surface area contributed by atoms with Crippen LogP contribution in [0.15, 0.2) is 58.5 Å². The number of benzene rings is 2. The van der Waals surface area contributed by atoms with Crippen LogP contribution < -0.4 is 5.56 Å². The van der Waals surface area contributed by atoms with Gasteiger partial charge in [-0.1, -0.05) is 54.9 Å². The molecule has 2 aromatic carbocycles. The highest BCUT2D eigenvalue weighted by atomic mass is 32.2. The molecular weight excluding hydrogens is 360 g/mol. The van der Waals surface area contributed by atoms with E-state index in [-0.39, 0.29) is 17.3 Å². The molecule has 3 rings (SSSR count). The Morgan fingerprint density at radius 2 is 1.89 bits per heavy atom. The van der Waals surface area contributed by atoms with Gasteiger partial charge in [-0.25, -0.2) is 4.98 Å². The van der Waals surface area contributed by atoms with Crippen molar-refractivity contribution in [2.75, 3.05) is 12.4 Å². The van der Waals surface area contributed by atoms with Crippen molar-refractivity contribution in [3.05, 3.63) is 64.4 Å². The van der Waals surface area contributed by atoms with Crippen LogP contribution in [0, 0.1) is 6.92 Å². The van der Waals surface area contributed by atoms with Crippen LogP contribution in [-0.2, 0) is 9.53 Å². The third-order valence-corrected chi connectivity index (χ3v) is 5.03. The topological polar surface area (TPSA) is 61.2 Å². The molecule has 0 unspecified atom stereocenters. The van der Waals surface area contributed by atoms with E-state index in [2.05, 4.69) is 4.98 Å². The molecule has 3 aromatic rings. The molecule has 0 aliphatic carbocycles. The molecule has 0 saturated heterocycles. The molecule has 0 fully saturated rings. The van der Waals surface area contributed by atoms with Crippen LogP contribution in [-0.4, -0.2) is 27.9 Å². The number of esters is 1. The molecule has 1 aromatic heterocycles. The lowest BCUT2D eigenvalue weighted by molar-refractivity contribution is -0.140. The van der Waals surface area contributed by atoms with Gasteiger partial charge in [0.05, 0.1) is 29.0 Å². The molecule has 140 valence electrons. The van der Waals surface area contributed by atoms with Gasteiger partial charge < -0.3 is 4.74 Å². The van der Waals surface area contributed by atoms with Crippen molar-refractivity contribution >= 4 is 28.6 Å². The lowest BCUT2D eigenvalue weighted by Crippen LogP contribution is -2.22. The van der Waals surface area contributed by atoms with Gasteiger partial charge in [-0.2, -0.15) is 0 Å². The van der Waals surface area contributed by atoms with E-state index in [1.807, 2.05) is 50.2 Å². The van der Waals surface area contributed by atoms with Crippen LogP contribution in [0.3, 0.4) is 0 Å². The molecule has 0 saturated carbocycles. The maximum atomic E-state index is 13.1. The van der Waals surface area contributed by atoms with Crippen LogP contribution in [0.25, 0.3) is 16.6 Å². The number of thioether (sulfide) groups is 1. The van der Waals surface area contributed by atoms with E-state index in [1.165, 1.54) is 11.8 Å². The van der Waals surface area contributed by atoms with E-state index in [0.29, 0.717) is 22.7 Å². The molecule has 0 aliphatic rings. The Labute approximate surface area is 162 Å². The Morgan fingerprint density at radius 3 is 2.63 bits per heavy atom. The average molecular weight is 382 g/mol. The SMILES string of the molecule is CCCCOC(=O)CSc1nc2ccccc2c(=O)n1-c1ccc(C)cc1. The number of hydrogen-bond donors (Lipinski definition) is 0. The number of fused-ring (bicyclic) bond motifs is 1. The Hall–Kier alpha value is -2.60. The van der Waals surface area contributed by atoms with Crippen molar-refractivity contribution in [1.82, 2.24) is 9.55 Å². The molecule has 5 nitrogen and oxygen atoms in total. The molecule has 1 heterocycles. The molecule has 0 aliphatic heterocycles. The summed E-state index contributed by atoms with van der Waals surface area (Å²) in [5.74, 6) is -0.188. The first-order valence-electron chi connectivity index (χ1n) is 8.97. The monoisotopic (exact) mass is 382 g/mol. The fourth-order valence-corrected chi connectivity index (χ4v) is 3.44. The number of aromatic nitrogens is 2. The van der Waals surface area contributed by atoms with E-state index in [0.717, 1.165) is 24.1 Å². The van der Waals surface area contributed by atoms with E-state index in [9.17, 15) is 9.59 Å². The van der Waals surface area contributed by atoms with Gasteiger partial charge in [0.15, 0.2) is 5.16 Å². The van der Waals surface area contributed by atoms with Gasteiger partial charge in [0, 0.05) is 0 Å². The first kappa shape index (κ1) is 19.2. The summed E-state index contributed by atoms with van der Waals surface area (Å²) in [6.07, 6.45) is 1.82. The molecule has 0 amide bonds. The number of carbonyl (C=O) groups excluding carboxylic acids is 1. The minimum absolute atomic E-state index is 0.111. The highest BCUT2D eigenvalue weighted by Gasteiger charge is 2.15. The summed E-state index contributed by atoms with van der Waals surface area (Å²) in [5, 5.41) is 1.03. The Morgan fingerprint density at radius 1 is 1.15 bits per heavy atom. The van der Waals surface area contributed by atoms with Gasteiger partial charge in [0.25, 0.3) is 5.56 Å². The average Bonchev–Trinajstić information content (AvgIpc) is 2.68. The van der Waals surface area contributed by atoms with Gasteiger partial charge in [0.2, 0.25) is 0 Å². The molecule has 0 bridgehead atoms. The second-order valence-electron chi connectivity index (χ2n) is 6.25. The largest absolute Gasteiger partial charge is 0.465 e. The predicted molar refractivity (Wildman–Crippen MR) is 109 cm³/mol. The minimum atomic E-state index is -0.300.